The fourth-order valence-corrected chi connectivity index (χ4v) is 1.56. The zero-order valence-corrected chi connectivity index (χ0v) is 12.0. The van der Waals surface area contributed by atoms with Crippen molar-refractivity contribution in [3.05, 3.63) is 0 Å². The van der Waals surface area contributed by atoms with Crippen molar-refractivity contribution in [1.29, 1.82) is 0 Å². The second-order valence-corrected chi connectivity index (χ2v) is 5.60. The van der Waals surface area contributed by atoms with Crippen molar-refractivity contribution in [2.24, 2.45) is 4.99 Å². The first-order valence-electron chi connectivity index (χ1n) is 6.10. The predicted octanol–water partition coefficient (Wildman–Crippen LogP) is 2.11. The van der Waals surface area contributed by atoms with Crippen LogP contribution < -0.4 is 0 Å². The lowest BCUT2D eigenvalue weighted by Crippen LogP contribution is -2.49. The fourth-order valence-electron chi connectivity index (χ4n) is 1.56. The molecule has 1 fully saturated rings. The quantitative estimate of drug-likeness (QED) is 0.559. The van der Waals surface area contributed by atoms with Gasteiger partial charge in [0.1, 0.15) is 5.50 Å². The van der Waals surface area contributed by atoms with Crippen LogP contribution in [0, 0.1) is 0 Å². The fraction of sp³-hybridized carbons (Fsp3) is 0.917. The van der Waals surface area contributed by atoms with E-state index in [0.717, 1.165) is 6.54 Å². The Balaban J connectivity index is 2.91. The van der Waals surface area contributed by atoms with Crippen LogP contribution in [0.3, 0.4) is 0 Å². The molecule has 0 amide bonds. The molecule has 4 nitrogen and oxygen atoms in total. The van der Waals surface area contributed by atoms with Crippen molar-refractivity contribution in [3.63, 3.8) is 0 Å². The third-order valence-corrected chi connectivity index (χ3v) is 3.69. The molecule has 0 spiro atoms. The van der Waals surface area contributed by atoms with Gasteiger partial charge in [-0.05, 0) is 41.5 Å². The molecule has 1 aliphatic heterocycles. The van der Waals surface area contributed by atoms with Crippen molar-refractivity contribution in [3.8, 4) is 0 Å². The highest BCUT2D eigenvalue weighted by atomic mass is 16.7. The van der Waals surface area contributed by atoms with Gasteiger partial charge in [-0.1, -0.05) is 0 Å². The largest absolute Gasteiger partial charge is 0.497 e. The Labute approximate surface area is 105 Å². The summed E-state index contributed by atoms with van der Waals surface area (Å²) in [6.45, 7) is 12.7. The van der Waals surface area contributed by atoms with E-state index in [0.29, 0.717) is 0 Å². The van der Waals surface area contributed by atoms with Gasteiger partial charge in [-0.3, -0.25) is 4.99 Å². The van der Waals surface area contributed by atoms with E-state index in [1.54, 1.807) is 13.3 Å². The molecule has 1 unspecified atom stereocenters. The molecule has 1 aliphatic rings. The monoisotopic (exact) mass is 241 g/mol. The van der Waals surface area contributed by atoms with Gasteiger partial charge in [0.2, 0.25) is 0 Å². The Kier molecular flexibility index (Phi) is 4.06. The molecule has 0 radical (unpaired) electrons. The normalized spacial score (nSPS) is 26.4. The smallest absolute Gasteiger partial charge is 0.401 e. The topological polar surface area (TPSA) is 40.0 Å². The minimum atomic E-state index is -0.652. The number of hydrogen-bond acceptors (Lipinski definition) is 4. The maximum atomic E-state index is 5.98. The first-order valence-corrected chi connectivity index (χ1v) is 6.10. The highest BCUT2D eigenvalue weighted by Gasteiger charge is 2.58. The van der Waals surface area contributed by atoms with Crippen LogP contribution in [0.1, 0.15) is 41.5 Å². The number of nitrogens with zero attached hydrogens (tertiary/aromatic N) is 1. The molecule has 1 rings (SSSR count). The summed E-state index contributed by atoms with van der Waals surface area (Å²) in [5, 5.41) is 0. The molecule has 17 heavy (non-hydrogen) atoms. The lowest BCUT2D eigenvalue weighted by Gasteiger charge is -2.32. The van der Waals surface area contributed by atoms with Crippen LogP contribution in [0.2, 0.25) is 0 Å². The van der Waals surface area contributed by atoms with E-state index in [1.807, 2.05) is 41.5 Å². The Morgan fingerprint density at radius 2 is 1.71 bits per heavy atom. The van der Waals surface area contributed by atoms with E-state index in [4.69, 9.17) is 14.0 Å². The molecule has 0 aromatic heterocycles. The van der Waals surface area contributed by atoms with Gasteiger partial charge in [0.15, 0.2) is 0 Å². The molecule has 1 saturated heterocycles. The predicted molar refractivity (Wildman–Crippen MR) is 70.5 cm³/mol. The highest BCUT2D eigenvalue weighted by Crippen LogP contribution is 2.39. The highest BCUT2D eigenvalue weighted by molar-refractivity contribution is 6.53. The molecule has 0 N–H and O–H groups in total. The summed E-state index contributed by atoms with van der Waals surface area (Å²) in [4.78, 5) is 4.24. The number of methoxy groups -OCH3 is 1. The van der Waals surface area contributed by atoms with Gasteiger partial charge in [0.05, 0.1) is 11.2 Å². The van der Waals surface area contributed by atoms with Crippen LogP contribution in [-0.4, -0.2) is 43.7 Å². The summed E-state index contributed by atoms with van der Waals surface area (Å²) in [5.41, 5.74) is -1.35. The molecule has 5 heteroatoms. The Bertz CT molecular complexity index is 288. The Morgan fingerprint density at radius 3 is 2.06 bits per heavy atom. The van der Waals surface area contributed by atoms with E-state index < -0.39 is 12.6 Å². The maximum Gasteiger partial charge on any atom is 0.497 e. The summed E-state index contributed by atoms with van der Waals surface area (Å²) >= 11 is 0. The minimum absolute atomic E-state index is 0.350. The second kappa shape index (κ2) is 4.71. The van der Waals surface area contributed by atoms with Crippen LogP contribution >= 0.6 is 0 Å². The Morgan fingerprint density at radius 1 is 1.24 bits per heavy atom. The Hall–Kier alpha value is -0.385. The van der Waals surface area contributed by atoms with Crippen molar-refractivity contribution in [2.45, 2.75) is 58.2 Å². The van der Waals surface area contributed by atoms with E-state index in [9.17, 15) is 0 Å². The van der Waals surface area contributed by atoms with Crippen molar-refractivity contribution < 1.29 is 14.0 Å². The summed E-state index contributed by atoms with van der Waals surface area (Å²) in [5.74, 6) is 0. The van der Waals surface area contributed by atoms with E-state index >= 15 is 0 Å². The minimum Gasteiger partial charge on any atom is -0.401 e. The van der Waals surface area contributed by atoms with Crippen molar-refractivity contribution in [2.75, 3.05) is 13.7 Å². The summed E-state index contributed by atoms with van der Waals surface area (Å²) in [6, 6.07) is 0. The third kappa shape index (κ3) is 2.72. The third-order valence-electron chi connectivity index (χ3n) is 3.69. The molecule has 98 valence electrons. The number of rotatable bonds is 4. The van der Waals surface area contributed by atoms with Crippen LogP contribution in [-0.2, 0) is 14.0 Å². The zero-order chi connectivity index (χ0) is 13.3. The molecule has 0 aliphatic carbocycles. The first-order chi connectivity index (χ1) is 7.68. The van der Waals surface area contributed by atoms with Gasteiger partial charge in [-0.25, -0.2) is 0 Å². The van der Waals surface area contributed by atoms with Gasteiger partial charge in [-0.2, -0.15) is 0 Å². The van der Waals surface area contributed by atoms with E-state index in [1.165, 1.54) is 0 Å². The van der Waals surface area contributed by atoms with Gasteiger partial charge in [0, 0.05) is 19.9 Å². The van der Waals surface area contributed by atoms with Gasteiger partial charge >= 0.3 is 7.12 Å². The van der Waals surface area contributed by atoms with Gasteiger partial charge in [-0.15, -0.1) is 0 Å². The molecule has 0 bridgehead atoms. The molecule has 0 saturated carbocycles. The van der Waals surface area contributed by atoms with Crippen LogP contribution in [0.15, 0.2) is 4.99 Å². The maximum absolute atomic E-state index is 5.98. The molecule has 1 atom stereocenters. The average Bonchev–Trinajstić information content (AvgIpc) is 2.45. The first kappa shape index (κ1) is 14.7. The van der Waals surface area contributed by atoms with Crippen LogP contribution in [0.25, 0.3) is 0 Å². The van der Waals surface area contributed by atoms with E-state index in [-0.39, 0.29) is 11.2 Å². The molecular weight excluding hydrogens is 217 g/mol. The SMILES string of the molecule is CCN=CC(C)(OC)B1OC(C)(C)C(C)(C)O1. The standard InChI is InChI=1S/C12H24BNO3/c1-8-14-9-12(6,15-7)13-16-10(2,3)11(4,5)17-13/h9H,8H2,1-7H3. The van der Waals surface area contributed by atoms with Crippen molar-refractivity contribution in [1.82, 2.24) is 0 Å². The lowest BCUT2D eigenvalue weighted by atomic mass is 9.69. The second-order valence-electron chi connectivity index (χ2n) is 5.60. The zero-order valence-electron chi connectivity index (χ0n) is 12.0. The molecule has 1 heterocycles. The number of ether oxygens (including phenoxy) is 1. The molecule has 0 aromatic rings. The summed E-state index contributed by atoms with van der Waals surface area (Å²) in [7, 11) is 1.21. The average molecular weight is 241 g/mol. The number of aliphatic imine (C=N–C) groups is 1. The summed E-state index contributed by atoms with van der Waals surface area (Å²) < 4.78 is 17.5. The number of hydrogen-bond donors (Lipinski definition) is 0. The summed E-state index contributed by atoms with van der Waals surface area (Å²) in [6.07, 6.45) is 1.77. The van der Waals surface area contributed by atoms with Crippen LogP contribution in [0.5, 0.6) is 0 Å². The van der Waals surface area contributed by atoms with Gasteiger partial charge in [0.25, 0.3) is 0 Å². The molecular formula is C12H24BNO3. The van der Waals surface area contributed by atoms with Crippen LogP contribution in [0.4, 0.5) is 0 Å². The van der Waals surface area contributed by atoms with E-state index in [2.05, 4.69) is 4.99 Å². The van der Waals surface area contributed by atoms with Crippen molar-refractivity contribution >= 4 is 13.3 Å². The molecule has 0 aromatic carbocycles. The lowest BCUT2D eigenvalue weighted by molar-refractivity contribution is 0.00578. The van der Waals surface area contributed by atoms with Gasteiger partial charge < -0.3 is 14.0 Å².